The molecule has 2 atom stereocenters. The summed E-state index contributed by atoms with van der Waals surface area (Å²) in [6.45, 7) is 5.42. The van der Waals surface area contributed by atoms with E-state index in [4.69, 9.17) is 10.5 Å². The SMILES string of the molecule is CC(C)(N)C(=O)NC(COCc1ccccc1)C(=O)Nc1cn(C(C(=O)N2CCN(c3ccc(F)cc3)CC2)c2ccccc2)cn1. The first kappa shape index (κ1) is 33.3. The number of imidazole rings is 1. The highest BCUT2D eigenvalue weighted by Crippen LogP contribution is 2.25. The first-order chi connectivity index (χ1) is 22.6. The molecule has 246 valence electrons. The van der Waals surface area contributed by atoms with Gasteiger partial charge in [-0.15, -0.1) is 0 Å². The highest BCUT2D eigenvalue weighted by Gasteiger charge is 2.32. The Bertz CT molecular complexity index is 1630. The number of ether oxygens (including phenoxy) is 1. The molecule has 2 unspecified atom stereocenters. The van der Waals surface area contributed by atoms with Gasteiger partial charge in [-0.2, -0.15) is 0 Å². The van der Waals surface area contributed by atoms with Crippen LogP contribution in [0.2, 0.25) is 0 Å². The molecule has 47 heavy (non-hydrogen) atoms. The molecule has 5 rings (SSSR count). The van der Waals surface area contributed by atoms with Crippen LogP contribution in [0.1, 0.15) is 31.0 Å². The van der Waals surface area contributed by atoms with Crippen LogP contribution in [0.3, 0.4) is 0 Å². The molecule has 1 aromatic heterocycles. The minimum Gasteiger partial charge on any atom is -0.374 e. The summed E-state index contributed by atoms with van der Waals surface area (Å²) in [7, 11) is 0. The van der Waals surface area contributed by atoms with Gasteiger partial charge in [0.25, 0.3) is 5.91 Å². The molecule has 1 aliphatic rings. The normalized spacial score (nSPS) is 14.7. The average Bonchev–Trinajstić information content (AvgIpc) is 3.52. The summed E-state index contributed by atoms with van der Waals surface area (Å²) in [4.78, 5) is 48.4. The molecule has 1 saturated heterocycles. The van der Waals surface area contributed by atoms with Crippen molar-refractivity contribution in [1.82, 2.24) is 19.8 Å². The van der Waals surface area contributed by atoms with Gasteiger partial charge in [-0.3, -0.25) is 14.4 Å². The smallest absolute Gasteiger partial charge is 0.250 e. The minimum atomic E-state index is -1.21. The van der Waals surface area contributed by atoms with Crippen molar-refractivity contribution in [2.45, 2.75) is 38.1 Å². The van der Waals surface area contributed by atoms with Gasteiger partial charge < -0.3 is 35.5 Å². The van der Waals surface area contributed by atoms with Crippen molar-refractivity contribution in [1.29, 1.82) is 0 Å². The van der Waals surface area contributed by atoms with E-state index in [0.717, 1.165) is 16.8 Å². The fourth-order valence-corrected chi connectivity index (χ4v) is 5.24. The van der Waals surface area contributed by atoms with Crippen molar-refractivity contribution < 1.29 is 23.5 Å². The molecule has 0 aliphatic carbocycles. The summed E-state index contributed by atoms with van der Waals surface area (Å²) < 4.78 is 20.9. The molecule has 1 aliphatic heterocycles. The molecule has 2 heterocycles. The van der Waals surface area contributed by atoms with E-state index >= 15 is 0 Å². The van der Waals surface area contributed by atoms with Crippen LogP contribution in [-0.4, -0.2) is 76.5 Å². The number of carbonyl (C=O) groups excluding carboxylic acids is 3. The largest absolute Gasteiger partial charge is 0.374 e. The van der Waals surface area contributed by atoms with E-state index in [1.807, 2.05) is 60.7 Å². The Balaban J connectivity index is 1.28. The van der Waals surface area contributed by atoms with E-state index in [1.54, 1.807) is 41.6 Å². The number of halogens is 1. The molecule has 11 nitrogen and oxygen atoms in total. The van der Waals surface area contributed by atoms with Gasteiger partial charge in [0.1, 0.15) is 17.9 Å². The van der Waals surface area contributed by atoms with E-state index < -0.39 is 29.4 Å². The number of aromatic nitrogens is 2. The molecule has 3 aromatic carbocycles. The fourth-order valence-electron chi connectivity index (χ4n) is 5.24. The lowest BCUT2D eigenvalue weighted by molar-refractivity contribution is -0.133. The van der Waals surface area contributed by atoms with Crippen LogP contribution in [0.4, 0.5) is 15.9 Å². The summed E-state index contributed by atoms with van der Waals surface area (Å²) in [6.07, 6.45) is 3.10. The number of benzene rings is 3. The molecular weight excluding hydrogens is 601 g/mol. The molecule has 4 aromatic rings. The Kier molecular flexibility index (Phi) is 10.6. The van der Waals surface area contributed by atoms with Gasteiger partial charge in [-0.25, -0.2) is 9.37 Å². The zero-order valence-corrected chi connectivity index (χ0v) is 26.5. The zero-order valence-electron chi connectivity index (χ0n) is 26.5. The fraction of sp³-hybridized carbons (Fsp3) is 0.314. The van der Waals surface area contributed by atoms with Crippen LogP contribution < -0.4 is 21.3 Å². The average molecular weight is 642 g/mol. The lowest BCUT2D eigenvalue weighted by Crippen LogP contribution is -2.56. The van der Waals surface area contributed by atoms with Gasteiger partial charge in [-0.1, -0.05) is 60.7 Å². The maximum atomic E-state index is 14.0. The summed E-state index contributed by atoms with van der Waals surface area (Å²) in [6, 6.07) is 23.4. The number of nitrogens with one attached hydrogen (secondary N) is 2. The molecule has 12 heteroatoms. The number of hydrogen-bond donors (Lipinski definition) is 3. The van der Waals surface area contributed by atoms with Crippen molar-refractivity contribution >= 4 is 29.2 Å². The van der Waals surface area contributed by atoms with E-state index in [9.17, 15) is 18.8 Å². The third-order valence-corrected chi connectivity index (χ3v) is 7.89. The number of nitrogens with two attached hydrogens (primary N) is 1. The maximum absolute atomic E-state index is 14.0. The number of hydrogen-bond acceptors (Lipinski definition) is 7. The highest BCUT2D eigenvalue weighted by molar-refractivity contribution is 5.98. The maximum Gasteiger partial charge on any atom is 0.250 e. The second kappa shape index (κ2) is 15.0. The number of rotatable bonds is 12. The molecular formula is C35H40FN7O4. The summed E-state index contributed by atoms with van der Waals surface area (Å²) >= 11 is 0. The predicted octanol–water partition coefficient (Wildman–Crippen LogP) is 3.34. The summed E-state index contributed by atoms with van der Waals surface area (Å²) in [5.74, 6) is -1.25. The van der Waals surface area contributed by atoms with Crippen molar-refractivity contribution in [3.63, 3.8) is 0 Å². The molecule has 4 N–H and O–H groups in total. The zero-order chi connectivity index (χ0) is 33.4. The Hall–Kier alpha value is -5.07. The quantitative estimate of drug-likeness (QED) is 0.216. The van der Waals surface area contributed by atoms with Crippen LogP contribution in [-0.2, 0) is 25.7 Å². The number of nitrogens with zero attached hydrogens (tertiary/aromatic N) is 4. The van der Waals surface area contributed by atoms with Crippen LogP contribution >= 0.6 is 0 Å². The van der Waals surface area contributed by atoms with Gasteiger partial charge in [0.2, 0.25) is 11.8 Å². The molecule has 0 spiro atoms. The van der Waals surface area contributed by atoms with Crippen molar-refractivity contribution in [3.05, 3.63) is 114 Å². The van der Waals surface area contributed by atoms with Crippen LogP contribution in [0.5, 0.6) is 0 Å². The van der Waals surface area contributed by atoms with Crippen molar-refractivity contribution in [2.24, 2.45) is 5.73 Å². The van der Waals surface area contributed by atoms with E-state index in [2.05, 4.69) is 20.5 Å². The number of piperazine rings is 1. The first-order valence-corrected chi connectivity index (χ1v) is 15.5. The second-order valence-corrected chi connectivity index (χ2v) is 12.0. The Morgan fingerprint density at radius 3 is 2.21 bits per heavy atom. The van der Waals surface area contributed by atoms with Crippen LogP contribution in [0.15, 0.2) is 97.5 Å². The lowest BCUT2D eigenvalue weighted by Gasteiger charge is -2.37. The Morgan fingerprint density at radius 2 is 1.57 bits per heavy atom. The monoisotopic (exact) mass is 641 g/mol. The second-order valence-electron chi connectivity index (χ2n) is 12.0. The molecule has 0 bridgehead atoms. The van der Waals surface area contributed by atoms with E-state index in [-0.39, 0.29) is 30.8 Å². The lowest BCUT2D eigenvalue weighted by atomic mass is 10.0. The molecule has 0 saturated carbocycles. The van der Waals surface area contributed by atoms with Gasteiger partial charge in [-0.05, 0) is 49.2 Å². The third-order valence-electron chi connectivity index (χ3n) is 7.89. The summed E-state index contributed by atoms with van der Waals surface area (Å²) in [5, 5.41) is 5.44. The van der Waals surface area contributed by atoms with Gasteiger partial charge in [0, 0.05) is 38.1 Å². The van der Waals surface area contributed by atoms with E-state index in [0.29, 0.717) is 26.2 Å². The minimum absolute atomic E-state index is 0.0989. The van der Waals surface area contributed by atoms with Gasteiger partial charge >= 0.3 is 0 Å². The van der Waals surface area contributed by atoms with E-state index in [1.165, 1.54) is 18.5 Å². The number of amides is 3. The topological polar surface area (TPSA) is 135 Å². The molecule has 1 fully saturated rings. The van der Waals surface area contributed by atoms with Crippen molar-refractivity contribution in [2.75, 3.05) is 43.0 Å². The molecule has 3 amide bonds. The predicted molar refractivity (Wildman–Crippen MR) is 177 cm³/mol. The van der Waals surface area contributed by atoms with Crippen LogP contribution in [0.25, 0.3) is 0 Å². The van der Waals surface area contributed by atoms with Gasteiger partial charge in [0.05, 0.1) is 25.1 Å². The summed E-state index contributed by atoms with van der Waals surface area (Å²) in [5.41, 5.74) is 7.35. The van der Waals surface area contributed by atoms with Crippen molar-refractivity contribution in [3.8, 4) is 0 Å². The third kappa shape index (κ3) is 8.81. The Morgan fingerprint density at radius 1 is 0.936 bits per heavy atom. The standard InChI is InChI=1S/C35H40FN7O4/c1-35(2,37)34(46)39-29(23-47-22-25-9-5-3-6-10-25)32(44)40-30-21-43(24-38-30)31(26-11-7-4-8-12-26)33(45)42-19-17-41(18-20-42)28-15-13-27(36)14-16-28/h3-16,21,24,29,31H,17-20,22-23,37H2,1-2H3,(H,39,46)(H,40,44). The number of anilines is 2. The van der Waals surface area contributed by atoms with Gasteiger partial charge in [0.15, 0.2) is 5.82 Å². The highest BCUT2D eigenvalue weighted by atomic mass is 19.1. The molecule has 0 radical (unpaired) electrons. The Labute approximate surface area is 273 Å². The van der Waals surface area contributed by atoms with Crippen LogP contribution in [0, 0.1) is 5.82 Å². The first-order valence-electron chi connectivity index (χ1n) is 15.5. The number of carbonyl (C=O) groups is 3.